The highest BCUT2D eigenvalue weighted by atomic mass is 16.5. The molecule has 0 aromatic carbocycles. The fourth-order valence-electron chi connectivity index (χ4n) is 1.84. The molecule has 0 rings (SSSR count). The first-order chi connectivity index (χ1) is 8.60. The van der Waals surface area contributed by atoms with Gasteiger partial charge in [-0.25, -0.2) is 0 Å². The molecule has 4 heteroatoms. The van der Waals surface area contributed by atoms with Gasteiger partial charge in [0.05, 0.1) is 6.42 Å². The molecular formula is C14H26O4. The smallest absolute Gasteiger partial charge is 0.307 e. The van der Waals surface area contributed by atoms with Crippen molar-refractivity contribution < 1.29 is 19.4 Å². The van der Waals surface area contributed by atoms with Crippen molar-refractivity contribution in [3.8, 4) is 0 Å². The van der Waals surface area contributed by atoms with Crippen molar-refractivity contribution in [1.82, 2.24) is 0 Å². The van der Waals surface area contributed by atoms with Gasteiger partial charge in [-0.15, -0.1) is 0 Å². The number of ether oxygens (including phenoxy) is 1. The fraction of sp³-hybridized carbons (Fsp3) is 0.857. The Kier molecular flexibility index (Phi) is 10.4. The molecule has 0 radical (unpaired) electrons. The van der Waals surface area contributed by atoms with Crippen molar-refractivity contribution in [3.63, 3.8) is 0 Å². The molecule has 4 nitrogen and oxygen atoms in total. The molecule has 0 bridgehead atoms. The maximum absolute atomic E-state index is 11.5. The molecule has 106 valence electrons. The third-order valence-electron chi connectivity index (χ3n) is 2.80. The highest BCUT2D eigenvalue weighted by Crippen LogP contribution is 2.11. The van der Waals surface area contributed by atoms with Gasteiger partial charge in [0.15, 0.2) is 0 Å². The quantitative estimate of drug-likeness (QED) is 0.455. The Hall–Kier alpha value is -1.06. The van der Waals surface area contributed by atoms with Crippen molar-refractivity contribution in [2.45, 2.75) is 77.7 Å². The zero-order chi connectivity index (χ0) is 13.8. The van der Waals surface area contributed by atoms with Crippen LogP contribution in [0.5, 0.6) is 0 Å². The van der Waals surface area contributed by atoms with Crippen molar-refractivity contribution in [1.29, 1.82) is 0 Å². The summed E-state index contributed by atoms with van der Waals surface area (Å²) in [7, 11) is 0. The normalized spacial score (nSPS) is 12.1. The van der Waals surface area contributed by atoms with E-state index in [-0.39, 0.29) is 12.4 Å². The number of carboxylic acid groups (broad SMARTS) is 1. The molecule has 0 aromatic heterocycles. The third kappa shape index (κ3) is 10.1. The number of rotatable bonds is 11. The van der Waals surface area contributed by atoms with Crippen LogP contribution in [0.4, 0.5) is 0 Å². The van der Waals surface area contributed by atoms with E-state index >= 15 is 0 Å². The van der Waals surface area contributed by atoms with Gasteiger partial charge in [-0.2, -0.15) is 0 Å². The zero-order valence-electron chi connectivity index (χ0n) is 11.6. The summed E-state index contributed by atoms with van der Waals surface area (Å²) in [6.07, 6.45) is 6.71. The first-order valence-corrected chi connectivity index (χ1v) is 7.01. The summed E-state index contributed by atoms with van der Waals surface area (Å²) in [6.45, 7) is 4.10. The summed E-state index contributed by atoms with van der Waals surface area (Å²) in [5, 5.41) is 8.71. The second kappa shape index (κ2) is 11.1. The summed E-state index contributed by atoms with van der Waals surface area (Å²) >= 11 is 0. The predicted molar refractivity (Wildman–Crippen MR) is 70.4 cm³/mol. The topological polar surface area (TPSA) is 63.6 Å². The number of unbranched alkanes of at least 4 members (excludes halogenated alkanes) is 4. The minimum atomic E-state index is -0.913. The number of carboxylic acids is 1. The molecule has 0 saturated heterocycles. The van der Waals surface area contributed by atoms with Gasteiger partial charge in [-0.05, 0) is 12.8 Å². The predicted octanol–water partition coefficient (Wildman–Crippen LogP) is 3.53. The molecule has 0 heterocycles. The molecule has 1 N–H and O–H groups in total. The number of carbonyl (C=O) groups excluding carboxylic acids is 1. The first-order valence-electron chi connectivity index (χ1n) is 7.01. The van der Waals surface area contributed by atoms with Crippen molar-refractivity contribution in [3.05, 3.63) is 0 Å². The van der Waals surface area contributed by atoms with E-state index in [2.05, 4.69) is 6.92 Å². The lowest BCUT2D eigenvalue weighted by Gasteiger charge is -2.15. The summed E-state index contributed by atoms with van der Waals surface area (Å²) in [5.41, 5.74) is 0. The maximum Gasteiger partial charge on any atom is 0.307 e. The van der Waals surface area contributed by atoms with E-state index in [0.717, 1.165) is 25.7 Å². The zero-order valence-corrected chi connectivity index (χ0v) is 11.6. The summed E-state index contributed by atoms with van der Waals surface area (Å²) in [6, 6.07) is 0. The van der Waals surface area contributed by atoms with Crippen LogP contribution in [0.15, 0.2) is 0 Å². The second-order valence-electron chi connectivity index (χ2n) is 4.66. The van der Waals surface area contributed by atoms with Crippen molar-refractivity contribution in [2.75, 3.05) is 0 Å². The minimum Gasteiger partial charge on any atom is -0.481 e. The van der Waals surface area contributed by atoms with Gasteiger partial charge in [0.2, 0.25) is 0 Å². The number of hydrogen-bond donors (Lipinski definition) is 1. The van der Waals surface area contributed by atoms with E-state index in [1.807, 2.05) is 6.92 Å². The standard InChI is InChI=1S/C14H26O4/c1-3-5-6-7-8-10-14(17)18-12(9-4-2)11-13(15)16/h12H,3-11H2,1-2H3,(H,15,16). The summed E-state index contributed by atoms with van der Waals surface area (Å²) < 4.78 is 5.19. The lowest BCUT2D eigenvalue weighted by Crippen LogP contribution is -2.21. The Labute approximate surface area is 110 Å². The molecule has 0 saturated carbocycles. The first kappa shape index (κ1) is 16.9. The van der Waals surface area contributed by atoms with E-state index in [9.17, 15) is 9.59 Å². The van der Waals surface area contributed by atoms with Gasteiger partial charge >= 0.3 is 11.9 Å². The van der Waals surface area contributed by atoms with E-state index in [4.69, 9.17) is 9.84 Å². The van der Waals surface area contributed by atoms with Gasteiger partial charge < -0.3 is 9.84 Å². The van der Waals surface area contributed by atoms with Crippen molar-refractivity contribution >= 4 is 11.9 Å². The number of esters is 1. The average molecular weight is 258 g/mol. The van der Waals surface area contributed by atoms with Crippen LogP contribution in [0.25, 0.3) is 0 Å². The van der Waals surface area contributed by atoms with Gasteiger partial charge in [0, 0.05) is 6.42 Å². The number of carbonyl (C=O) groups is 2. The highest BCUT2D eigenvalue weighted by Gasteiger charge is 2.16. The summed E-state index contributed by atoms with van der Waals surface area (Å²) in [5.74, 6) is -1.17. The monoisotopic (exact) mass is 258 g/mol. The van der Waals surface area contributed by atoms with E-state index < -0.39 is 12.1 Å². The Balaban J connectivity index is 3.76. The lowest BCUT2D eigenvalue weighted by atomic mass is 10.1. The van der Waals surface area contributed by atoms with E-state index in [1.54, 1.807) is 0 Å². The van der Waals surface area contributed by atoms with Crippen LogP contribution in [0.1, 0.15) is 71.6 Å². The molecule has 1 unspecified atom stereocenters. The van der Waals surface area contributed by atoms with Gasteiger partial charge in [-0.3, -0.25) is 9.59 Å². The molecule has 0 spiro atoms. The van der Waals surface area contributed by atoms with Gasteiger partial charge in [0.25, 0.3) is 0 Å². The molecule has 0 aliphatic rings. The van der Waals surface area contributed by atoms with Gasteiger partial charge in [-0.1, -0.05) is 46.0 Å². The van der Waals surface area contributed by atoms with Crippen LogP contribution in [-0.4, -0.2) is 23.1 Å². The average Bonchev–Trinajstić information content (AvgIpc) is 2.28. The molecule has 0 amide bonds. The third-order valence-corrected chi connectivity index (χ3v) is 2.80. The Morgan fingerprint density at radius 1 is 1.06 bits per heavy atom. The minimum absolute atomic E-state index is 0.0879. The molecular weight excluding hydrogens is 232 g/mol. The largest absolute Gasteiger partial charge is 0.481 e. The van der Waals surface area contributed by atoms with Crippen LogP contribution in [0.2, 0.25) is 0 Å². The van der Waals surface area contributed by atoms with Crippen LogP contribution in [0.3, 0.4) is 0 Å². The SMILES string of the molecule is CCCCCCCC(=O)OC(CCC)CC(=O)O. The Morgan fingerprint density at radius 2 is 1.72 bits per heavy atom. The fourth-order valence-corrected chi connectivity index (χ4v) is 1.84. The molecule has 18 heavy (non-hydrogen) atoms. The molecule has 0 aliphatic heterocycles. The van der Waals surface area contributed by atoms with E-state index in [0.29, 0.717) is 12.8 Å². The van der Waals surface area contributed by atoms with Crippen LogP contribution >= 0.6 is 0 Å². The second-order valence-corrected chi connectivity index (χ2v) is 4.66. The molecule has 0 fully saturated rings. The number of hydrogen-bond acceptors (Lipinski definition) is 3. The van der Waals surface area contributed by atoms with Gasteiger partial charge in [0.1, 0.15) is 6.10 Å². The molecule has 1 atom stereocenters. The lowest BCUT2D eigenvalue weighted by molar-refractivity contribution is -0.153. The Bertz CT molecular complexity index is 238. The summed E-state index contributed by atoms with van der Waals surface area (Å²) in [4.78, 5) is 22.1. The van der Waals surface area contributed by atoms with Crippen molar-refractivity contribution in [2.24, 2.45) is 0 Å². The molecule has 0 aliphatic carbocycles. The van der Waals surface area contributed by atoms with Crippen LogP contribution in [-0.2, 0) is 14.3 Å². The van der Waals surface area contributed by atoms with Crippen LogP contribution < -0.4 is 0 Å². The van der Waals surface area contributed by atoms with Crippen LogP contribution in [0, 0.1) is 0 Å². The highest BCUT2D eigenvalue weighted by molar-refractivity contribution is 5.71. The van der Waals surface area contributed by atoms with E-state index in [1.165, 1.54) is 12.8 Å². The maximum atomic E-state index is 11.5. The Morgan fingerprint density at radius 3 is 2.28 bits per heavy atom. The number of aliphatic carboxylic acids is 1. The molecule has 0 aromatic rings.